The topological polar surface area (TPSA) is 32.8 Å². The number of methoxy groups -OCH3 is 1. The summed E-state index contributed by atoms with van der Waals surface area (Å²) in [7, 11) is 1.69. The third-order valence-electron chi connectivity index (χ3n) is 7.49. The maximum Gasteiger partial charge on any atom is 0.259 e. The van der Waals surface area contributed by atoms with Gasteiger partial charge >= 0.3 is 0 Å². The van der Waals surface area contributed by atoms with Crippen LogP contribution in [0.3, 0.4) is 0 Å². The van der Waals surface area contributed by atoms with E-state index in [2.05, 4.69) is 18.7 Å². The smallest absolute Gasteiger partial charge is 0.259 e. The zero-order valence-electron chi connectivity index (χ0n) is 17.1. The molecule has 148 valence electrons. The average Bonchev–Trinajstić information content (AvgIpc) is 2.70. The Morgan fingerprint density at radius 2 is 1.67 bits per heavy atom. The zero-order chi connectivity index (χ0) is 19.0. The second-order valence-electron chi connectivity index (χ2n) is 9.08. The molecule has 0 bridgehead atoms. The summed E-state index contributed by atoms with van der Waals surface area (Å²) >= 11 is 0. The second kappa shape index (κ2) is 7.56. The summed E-state index contributed by atoms with van der Waals surface area (Å²) in [5.41, 5.74) is 0.862. The molecular formula is C23H34N2O2. The molecule has 0 N–H and O–H groups in total. The fourth-order valence-electron chi connectivity index (χ4n) is 5.79. The maximum absolute atomic E-state index is 12.7. The van der Waals surface area contributed by atoms with E-state index in [1.165, 1.54) is 25.7 Å². The van der Waals surface area contributed by atoms with Gasteiger partial charge in [0, 0.05) is 31.9 Å². The summed E-state index contributed by atoms with van der Waals surface area (Å²) in [6.45, 7) is 6.89. The van der Waals surface area contributed by atoms with Crippen LogP contribution in [0.15, 0.2) is 30.3 Å². The molecule has 1 aromatic rings. The molecule has 4 nitrogen and oxygen atoms in total. The molecule has 1 unspecified atom stereocenters. The van der Waals surface area contributed by atoms with Crippen molar-refractivity contribution in [2.24, 2.45) is 11.8 Å². The SMILES string of the molecule is COC1C(=O)N(c2ccccc2)C12CCN(C1CCC(C(C)C)CC1)CC2. The normalized spacial score (nSPS) is 31.3. The Morgan fingerprint density at radius 1 is 1.04 bits per heavy atom. The standard InChI is InChI=1S/C23H34N2O2/c1-17(2)18-9-11-19(12-10-18)24-15-13-23(14-16-24)21(27-3)22(26)25(23)20-7-5-4-6-8-20/h4-8,17-19,21H,9-16H2,1-3H3. The number of hydrogen-bond donors (Lipinski definition) is 0. The largest absolute Gasteiger partial charge is 0.369 e. The first-order chi connectivity index (χ1) is 13.1. The lowest BCUT2D eigenvalue weighted by Crippen LogP contribution is -2.78. The van der Waals surface area contributed by atoms with E-state index in [1.54, 1.807) is 7.11 Å². The molecule has 3 aliphatic rings. The van der Waals surface area contributed by atoms with E-state index in [0.717, 1.165) is 49.5 Å². The first-order valence-electron chi connectivity index (χ1n) is 10.7. The van der Waals surface area contributed by atoms with Crippen LogP contribution in [0.1, 0.15) is 52.4 Å². The number of hydrogen-bond acceptors (Lipinski definition) is 3. The van der Waals surface area contributed by atoms with Crippen molar-refractivity contribution in [1.29, 1.82) is 0 Å². The number of benzene rings is 1. The highest BCUT2D eigenvalue weighted by molar-refractivity contribution is 6.06. The van der Waals surface area contributed by atoms with Crippen LogP contribution in [0.25, 0.3) is 0 Å². The van der Waals surface area contributed by atoms with E-state index in [9.17, 15) is 4.79 Å². The highest BCUT2D eigenvalue weighted by Gasteiger charge is 2.61. The van der Waals surface area contributed by atoms with Crippen molar-refractivity contribution < 1.29 is 9.53 Å². The number of anilines is 1. The minimum absolute atomic E-state index is 0.120. The van der Waals surface area contributed by atoms with Crippen LogP contribution in [0.2, 0.25) is 0 Å². The first-order valence-corrected chi connectivity index (χ1v) is 10.7. The van der Waals surface area contributed by atoms with Crippen LogP contribution < -0.4 is 4.90 Å². The molecule has 1 spiro atoms. The van der Waals surface area contributed by atoms with Crippen LogP contribution in [0, 0.1) is 11.8 Å². The molecule has 0 radical (unpaired) electrons. The van der Waals surface area contributed by atoms with Crippen LogP contribution >= 0.6 is 0 Å². The molecule has 2 heterocycles. The number of likely N-dealkylation sites (tertiary alicyclic amines) is 1. The van der Waals surface area contributed by atoms with Gasteiger partial charge in [-0.05, 0) is 62.5 Å². The van der Waals surface area contributed by atoms with Gasteiger partial charge in [-0.15, -0.1) is 0 Å². The van der Waals surface area contributed by atoms with Crippen molar-refractivity contribution in [2.45, 2.75) is 70.1 Å². The maximum atomic E-state index is 12.7. The van der Waals surface area contributed by atoms with Gasteiger partial charge in [-0.25, -0.2) is 0 Å². The molecule has 27 heavy (non-hydrogen) atoms. The van der Waals surface area contributed by atoms with Crippen LogP contribution in [-0.2, 0) is 9.53 Å². The third kappa shape index (κ3) is 3.21. The zero-order valence-corrected chi connectivity index (χ0v) is 17.1. The molecule has 1 saturated carbocycles. The summed E-state index contributed by atoms with van der Waals surface area (Å²) in [4.78, 5) is 17.5. The Kier molecular flexibility index (Phi) is 5.30. The van der Waals surface area contributed by atoms with Gasteiger partial charge in [0.15, 0.2) is 6.10 Å². The molecule has 0 aromatic heterocycles. The van der Waals surface area contributed by atoms with E-state index in [1.807, 2.05) is 35.2 Å². The Labute approximate surface area is 163 Å². The molecule has 4 heteroatoms. The van der Waals surface area contributed by atoms with Gasteiger partial charge in [-0.2, -0.15) is 0 Å². The van der Waals surface area contributed by atoms with Crippen LogP contribution in [-0.4, -0.2) is 48.7 Å². The number of piperidine rings is 1. The lowest BCUT2D eigenvalue weighted by Gasteiger charge is -2.60. The summed E-state index contributed by atoms with van der Waals surface area (Å²) in [6.07, 6.45) is 7.16. The van der Waals surface area contributed by atoms with E-state index in [-0.39, 0.29) is 17.6 Å². The van der Waals surface area contributed by atoms with Crippen molar-refractivity contribution in [3.63, 3.8) is 0 Å². The fourth-order valence-corrected chi connectivity index (χ4v) is 5.79. The monoisotopic (exact) mass is 370 g/mol. The van der Waals surface area contributed by atoms with Gasteiger partial charge in [-0.1, -0.05) is 32.0 Å². The number of nitrogens with zero attached hydrogens (tertiary/aromatic N) is 2. The highest BCUT2D eigenvalue weighted by Crippen LogP contribution is 2.46. The lowest BCUT2D eigenvalue weighted by molar-refractivity contribution is -0.151. The number of para-hydroxylation sites is 1. The van der Waals surface area contributed by atoms with Crippen molar-refractivity contribution in [2.75, 3.05) is 25.1 Å². The van der Waals surface area contributed by atoms with E-state index in [0.29, 0.717) is 0 Å². The Hall–Kier alpha value is -1.39. The Balaban J connectivity index is 1.43. The molecular weight excluding hydrogens is 336 g/mol. The first kappa shape index (κ1) is 18.9. The Morgan fingerprint density at radius 3 is 2.22 bits per heavy atom. The highest BCUT2D eigenvalue weighted by atomic mass is 16.5. The Bertz CT molecular complexity index is 644. The molecule has 1 aromatic carbocycles. The molecule has 3 fully saturated rings. The summed E-state index contributed by atoms with van der Waals surface area (Å²) in [6, 6.07) is 10.9. The summed E-state index contributed by atoms with van der Waals surface area (Å²) < 4.78 is 5.65. The molecule has 2 saturated heterocycles. The quantitative estimate of drug-likeness (QED) is 0.748. The van der Waals surface area contributed by atoms with Gasteiger partial charge < -0.3 is 14.5 Å². The van der Waals surface area contributed by atoms with Crippen molar-refractivity contribution in [3.8, 4) is 0 Å². The number of carbonyl (C=O) groups excluding carboxylic acids is 1. The van der Waals surface area contributed by atoms with Crippen molar-refractivity contribution >= 4 is 11.6 Å². The van der Waals surface area contributed by atoms with Gasteiger partial charge in [0.1, 0.15) is 0 Å². The summed E-state index contributed by atoms with van der Waals surface area (Å²) in [5.74, 6) is 1.85. The third-order valence-corrected chi connectivity index (χ3v) is 7.49. The fraction of sp³-hybridized carbons (Fsp3) is 0.696. The number of β-lactam (4-membered cyclic amide) rings is 1. The van der Waals surface area contributed by atoms with Gasteiger partial charge in [0.05, 0.1) is 5.54 Å². The van der Waals surface area contributed by atoms with Crippen LogP contribution in [0.4, 0.5) is 5.69 Å². The lowest BCUT2D eigenvalue weighted by atomic mass is 9.71. The predicted octanol–water partition coefficient (Wildman–Crippen LogP) is 4.10. The molecule has 2 aliphatic heterocycles. The van der Waals surface area contributed by atoms with Gasteiger partial charge in [0.25, 0.3) is 5.91 Å². The van der Waals surface area contributed by atoms with E-state index >= 15 is 0 Å². The predicted molar refractivity (Wildman–Crippen MR) is 109 cm³/mol. The van der Waals surface area contributed by atoms with Gasteiger partial charge in [-0.3, -0.25) is 4.79 Å². The number of rotatable bonds is 4. The number of ether oxygens (including phenoxy) is 1. The minimum atomic E-state index is -0.281. The van der Waals surface area contributed by atoms with Crippen molar-refractivity contribution in [3.05, 3.63) is 30.3 Å². The number of amides is 1. The summed E-state index contributed by atoms with van der Waals surface area (Å²) in [5, 5.41) is 0. The second-order valence-corrected chi connectivity index (χ2v) is 9.08. The minimum Gasteiger partial charge on any atom is -0.369 e. The van der Waals surface area contributed by atoms with E-state index < -0.39 is 0 Å². The molecule has 1 aliphatic carbocycles. The van der Waals surface area contributed by atoms with Gasteiger partial charge in [0.2, 0.25) is 0 Å². The van der Waals surface area contributed by atoms with Crippen molar-refractivity contribution in [1.82, 2.24) is 4.90 Å². The van der Waals surface area contributed by atoms with Crippen LogP contribution in [0.5, 0.6) is 0 Å². The average molecular weight is 371 g/mol. The van der Waals surface area contributed by atoms with E-state index in [4.69, 9.17) is 4.74 Å². The molecule has 1 atom stereocenters. The molecule has 4 rings (SSSR count). The number of carbonyl (C=O) groups is 1. The molecule has 1 amide bonds.